The molecule has 2 unspecified atom stereocenters. The number of aromatic nitrogens is 2. The lowest BCUT2D eigenvalue weighted by Crippen LogP contribution is -2.28. The van der Waals surface area contributed by atoms with Crippen LogP contribution in [0.5, 0.6) is 6.01 Å². The average Bonchev–Trinajstić information content (AvgIpc) is 3.47. The fourth-order valence-corrected chi connectivity index (χ4v) is 4.15. The number of rotatable bonds is 5. The van der Waals surface area contributed by atoms with Gasteiger partial charge in [0.25, 0.3) is 0 Å². The second-order valence-corrected chi connectivity index (χ2v) is 8.16. The third kappa shape index (κ3) is 3.47. The van der Waals surface area contributed by atoms with E-state index >= 15 is 0 Å². The maximum Gasteiger partial charge on any atom is 0.415 e. The Bertz CT molecular complexity index is 1160. The normalized spacial score (nSPS) is 22.1. The number of ether oxygens (including phenoxy) is 2. The Balaban J connectivity index is 1.34. The molecule has 2 atom stereocenters. The van der Waals surface area contributed by atoms with Gasteiger partial charge in [0.15, 0.2) is 5.60 Å². The van der Waals surface area contributed by atoms with Gasteiger partial charge in [0.2, 0.25) is 0 Å². The Hall–Kier alpha value is -3.50. The van der Waals surface area contributed by atoms with Gasteiger partial charge in [-0.25, -0.2) is 4.39 Å². The zero-order valence-electron chi connectivity index (χ0n) is 17.3. The van der Waals surface area contributed by atoms with Crippen LogP contribution in [0.25, 0.3) is 11.1 Å². The predicted molar refractivity (Wildman–Crippen MR) is 113 cm³/mol. The highest BCUT2D eigenvalue weighted by Crippen LogP contribution is 2.38. The summed E-state index contributed by atoms with van der Waals surface area (Å²) in [6, 6.07) is 12.6. The van der Waals surface area contributed by atoms with Gasteiger partial charge in [0.05, 0.1) is 13.2 Å². The first-order chi connectivity index (χ1) is 15.4. The van der Waals surface area contributed by atoms with Gasteiger partial charge >= 0.3 is 11.8 Å². The Kier molecular flexibility index (Phi) is 4.83. The molecule has 0 radical (unpaired) electrons. The molecule has 1 fully saturated rings. The van der Waals surface area contributed by atoms with Crippen molar-refractivity contribution in [3.63, 3.8) is 0 Å². The number of hydrogen-bond acceptors (Lipinski definition) is 7. The summed E-state index contributed by atoms with van der Waals surface area (Å²) in [7, 11) is 0. The van der Waals surface area contributed by atoms with Crippen LogP contribution in [0.1, 0.15) is 12.5 Å². The molecule has 1 saturated heterocycles. The van der Waals surface area contributed by atoms with Crippen molar-refractivity contribution in [2.45, 2.75) is 25.2 Å². The molecule has 3 aromatic rings. The fraction of sp³-hybridized carbons (Fsp3) is 0.318. The van der Waals surface area contributed by atoms with E-state index in [1.807, 2.05) is 42.2 Å². The van der Waals surface area contributed by atoms with Gasteiger partial charge < -0.3 is 29.6 Å². The highest BCUT2D eigenvalue weighted by Gasteiger charge is 2.41. The zero-order valence-corrected chi connectivity index (χ0v) is 17.3. The molecule has 2 aliphatic rings. The number of fused-ring (bicyclic) bond motifs is 1. The number of halogens is 1. The van der Waals surface area contributed by atoms with Gasteiger partial charge in [-0.15, -0.1) is 0 Å². The number of anilines is 1. The van der Waals surface area contributed by atoms with Crippen molar-refractivity contribution < 1.29 is 23.9 Å². The van der Waals surface area contributed by atoms with Crippen molar-refractivity contribution in [3.8, 4) is 17.1 Å². The number of aliphatic hydroxyl groups is 1. The molecule has 10 heteroatoms. The summed E-state index contributed by atoms with van der Waals surface area (Å²) < 4.78 is 27.8. The van der Waals surface area contributed by atoms with Gasteiger partial charge in [0.1, 0.15) is 24.8 Å². The van der Waals surface area contributed by atoms with Gasteiger partial charge in [-0.1, -0.05) is 24.3 Å². The van der Waals surface area contributed by atoms with E-state index in [2.05, 4.69) is 4.98 Å². The minimum absolute atomic E-state index is 0.0651. The predicted octanol–water partition coefficient (Wildman–Crippen LogP) is 3.06. The van der Waals surface area contributed by atoms with Crippen LogP contribution in [-0.4, -0.2) is 45.6 Å². The van der Waals surface area contributed by atoms with Crippen molar-refractivity contribution in [2.75, 3.05) is 24.8 Å². The summed E-state index contributed by atoms with van der Waals surface area (Å²) in [5.74, 6) is -0.595. The van der Waals surface area contributed by atoms with Crippen LogP contribution in [0.15, 0.2) is 48.7 Å². The SMILES string of the molecule is CC1(c2ccc(-c3ccc(N4COC(CO)C4)cc3F)cc2)Cn2cc([N+](=O)[O-])nc2O1. The monoisotopic (exact) mass is 440 g/mol. The maximum absolute atomic E-state index is 14.9. The Morgan fingerprint density at radius 2 is 2.09 bits per heavy atom. The van der Waals surface area contributed by atoms with E-state index < -0.39 is 10.5 Å². The molecular formula is C22H21FN4O5. The smallest absolute Gasteiger partial charge is 0.415 e. The van der Waals surface area contributed by atoms with E-state index in [-0.39, 0.29) is 30.4 Å². The van der Waals surface area contributed by atoms with Crippen molar-refractivity contribution in [2.24, 2.45) is 0 Å². The van der Waals surface area contributed by atoms with Gasteiger partial charge in [-0.3, -0.25) is 4.57 Å². The Labute approximate surface area is 182 Å². The molecule has 0 aliphatic carbocycles. The van der Waals surface area contributed by atoms with E-state index in [1.54, 1.807) is 10.6 Å². The van der Waals surface area contributed by atoms with Crippen molar-refractivity contribution in [3.05, 3.63) is 70.2 Å². The lowest BCUT2D eigenvalue weighted by molar-refractivity contribution is -0.389. The molecule has 32 heavy (non-hydrogen) atoms. The molecule has 0 saturated carbocycles. The number of aliphatic hydroxyl groups excluding tert-OH is 1. The second kappa shape index (κ2) is 7.57. The standard InChI is InChI=1S/C22H21FN4O5/c1-22(12-25-10-20(27(29)30)24-21(25)32-22)15-4-2-14(3-5-15)18-7-6-16(8-19(18)23)26-9-17(11-28)31-13-26/h2-8,10,17,28H,9,11-13H2,1H3. The van der Waals surface area contributed by atoms with Gasteiger partial charge in [-0.05, 0) is 41.2 Å². The number of hydrogen-bond donors (Lipinski definition) is 1. The second-order valence-electron chi connectivity index (χ2n) is 8.16. The van der Waals surface area contributed by atoms with Gasteiger partial charge in [0, 0.05) is 22.8 Å². The molecule has 5 rings (SSSR count). The van der Waals surface area contributed by atoms with Crippen molar-refractivity contribution >= 4 is 11.5 Å². The van der Waals surface area contributed by atoms with Crippen LogP contribution in [0.4, 0.5) is 15.9 Å². The van der Waals surface area contributed by atoms with Crippen LogP contribution >= 0.6 is 0 Å². The number of nitro groups is 1. The summed E-state index contributed by atoms with van der Waals surface area (Å²) in [6.45, 7) is 3.04. The highest BCUT2D eigenvalue weighted by molar-refractivity contribution is 5.67. The highest BCUT2D eigenvalue weighted by atomic mass is 19.1. The molecule has 0 spiro atoms. The summed E-state index contributed by atoms with van der Waals surface area (Å²) in [5.41, 5.74) is 2.03. The molecule has 1 aromatic heterocycles. The summed E-state index contributed by atoms with van der Waals surface area (Å²) in [6.07, 6.45) is 1.10. The number of benzene rings is 2. The van der Waals surface area contributed by atoms with Crippen molar-refractivity contribution in [1.29, 1.82) is 0 Å². The summed E-state index contributed by atoms with van der Waals surface area (Å²) in [5, 5.41) is 20.1. The molecule has 3 heterocycles. The number of imidazole rings is 1. The third-order valence-electron chi connectivity index (χ3n) is 5.92. The number of nitrogens with zero attached hydrogens (tertiary/aromatic N) is 4. The van der Waals surface area contributed by atoms with Crippen molar-refractivity contribution in [1.82, 2.24) is 9.55 Å². The summed E-state index contributed by atoms with van der Waals surface area (Å²) in [4.78, 5) is 16.1. The average molecular weight is 440 g/mol. The molecule has 9 nitrogen and oxygen atoms in total. The van der Waals surface area contributed by atoms with Crippen LogP contribution in [0.2, 0.25) is 0 Å². The first-order valence-corrected chi connectivity index (χ1v) is 10.1. The third-order valence-corrected chi connectivity index (χ3v) is 5.92. The van der Waals surface area contributed by atoms with Gasteiger partial charge in [-0.2, -0.15) is 0 Å². The zero-order chi connectivity index (χ0) is 22.5. The Morgan fingerprint density at radius 1 is 1.31 bits per heavy atom. The lowest BCUT2D eigenvalue weighted by atomic mass is 9.93. The van der Waals surface area contributed by atoms with E-state index in [1.165, 1.54) is 12.3 Å². The lowest BCUT2D eigenvalue weighted by Gasteiger charge is -2.22. The molecule has 1 N–H and O–H groups in total. The molecule has 2 aromatic carbocycles. The largest absolute Gasteiger partial charge is 0.433 e. The summed E-state index contributed by atoms with van der Waals surface area (Å²) >= 11 is 0. The minimum Gasteiger partial charge on any atom is -0.433 e. The molecule has 166 valence electrons. The molecule has 0 amide bonds. The first-order valence-electron chi connectivity index (χ1n) is 10.1. The van der Waals surface area contributed by atoms with E-state index in [4.69, 9.17) is 9.47 Å². The van der Waals surface area contributed by atoms with Crippen LogP contribution < -0.4 is 9.64 Å². The molecule has 0 bridgehead atoms. The van der Waals surface area contributed by atoms with E-state index in [9.17, 15) is 19.6 Å². The van der Waals surface area contributed by atoms with Crippen LogP contribution in [0.3, 0.4) is 0 Å². The topological polar surface area (TPSA) is 103 Å². The first kappa shape index (κ1) is 20.4. The van der Waals surface area contributed by atoms with Crippen LogP contribution in [0, 0.1) is 15.9 Å². The van der Waals surface area contributed by atoms with E-state index in [0.717, 1.165) is 11.1 Å². The minimum atomic E-state index is -0.725. The van der Waals surface area contributed by atoms with E-state index in [0.29, 0.717) is 31.1 Å². The molecular weight excluding hydrogens is 419 g/mol. The Morgan fingerprint density at radius 3 is 2.72 bits per heavy atom. The maximum atomic E-state index is 14.9. The fourth-order valence-electron chi connectivity index (χ4n) is 4.15. The quantitative estimate of drug-likeness (QED) is 0.480. The van der Waals surface area contributed by atoms with Crippen LogP contribution in [-0.2, 0) is 16.9 Å². The molecule has 2 aliphatic heterocycles.